The third-order valence-electron chi connectivity index (χ3n) is 3.78. The summed E-state index contributed by atoms with van der Waals surface area (Å²) in [6, 6.07) is 10.7. The first kappa shape index (κ1) is 14.1. The van der Waals surface area contributed by atoms with Crippen molar-refractivity contribution in [1.82, 2.24) is 0 Å². The minimum Gasteiger partial charge on any atom is -0.374 e. The highest BCUT2D eigenvalue weighted by Crippen LogP contribution is 2.28. The number of benzene rings is 1. The van der Waals surface area contributed by atoms with Gasteiger partial charge in [0.05, 0.1) is 12.2 Å². The fourth-order valence-corrected chi connectivity index (χ4v) is 3.49. The lowest BCUT2D eigenvalue weighted by Crippen LogP contribution is -2.26. The monoisotopic (exact) mass is 310 g/mol. The van der Waals surface area contributed by atoms with Crippen molar-refractivity contribution in [3.05, 3.63) is 35.9 Å². The van der Waals surface area contributed by atoms with Gasteiger partial charge in [0.2, 0.25) is 0 Å². The number of rotatable bonds is 4. The van der Waals surface area contributed by atoms with Crippen LogP contribution in [0.25, 0.3) is 0 Å². The summed E-state index contributed by atoms with van der Waals surface area (Å²) in [4.78, 5) is 0.546. The van der Waals surface area contributed by atoms with Gasteiger partial charge in [0.25, 0.3) is 0 Å². The molecule has 1 heterocycles. The van der Waals surface area contributed by atoms with Crippen molar-refractivity contribution in [2.45, 2.75) is 62.5 Å². The summed E-state index contributed by atoms with van der Waals surface area (Å²) in [6.45, 7) is 2.22. The average Bonchev–Trinajstić information content (AvgIpc) is 2.59. The average molecular weight is 311 g/mol. The predicted octanol–water partition coefficient (Wildman–Crippen LogP) is 4.73. The predicted molar refractivity (Wildman–Crippen MR) is 80.3 cm³/mol. The zero-order chi connectivity index (χ0) is 12.8. The summed E-state index contributed by atoms with van der Waals surface area (Å²) in [5, 5.41) is 0. The topological polar surface area (TPSA) is 9.23 Å². The molecule has 0 radical (unpaired) electrons. The lowest BCUT2D eigenvalue weighted by atomic mass is 10.0. The fourth-order valence-electron chi connectivity index (χ4n) is 2.66. The molecule has 100 valence electrons. The maximum Gasteiger partial charge on any atom is 0.0701 e. The van der Waals surface area contributed by atoms with E-state index in [1.54, 1.807) is 0 Å². The molecule has 1 fully saturated rings. The van der Waals surface area contributed by atoms with E-state index in [2.05, 4.69) is 53.2 Å². The number of alkyl halides is 1. The molecule has 18 heavy (non-hydrogen) atoms. The van der Waals surface area contributed by atoms with Crippen LogP contribution in [-0.2, 0) is 11.2 Å². The van der Waals surface area contributed by atoms with E-state index in [0.717, 1.165) is 19.3 Å². The summed E-state index contributed by atoms with van der Waals surface area (Å²) in [7, 11) is 0. The molecule has 3 atom stereocenters. The second kappa shape index (κ2) is 7.30. The van der Waals surface area contributed by atoms with Crippen molar-refractivity contribution in [2.75, 3.05) is 0 Å². The molecule has 0 N–H and O–H groups in total. The molecule has 0 unspecified atom stereocenters. The van der Waals surface area contributed by atoms with Crippen molar-refractivity contribution >= 4 is 15.9 Å². The Morgan fingerprint density at radius 2 is 2.00 bits per heavy atom. The second-order valence-electron chi connectivity index (χ2n) is 5.18. The van der Waals surface area contributed by atoms with Gasteiger partial charge in [0.15, 0.2) is 0 Å². The third-order valence-corrected chi connectivity index (χ3v) is 4.82. The first-order valence-corrected chi connectivity index (χ1v) is 8.04. The number of hydrogen-bond donors (Lipinski definition) is 0. The molecule has 1 saturated heterocycles. The summed E-state index contributed by atoms with van der Waals surface area (Å²) < 4.78 is 6.25. The van der Waals surface area contributed by atoms with Crippen LogP contribution in [0.5, 0.6) is 0 Å². The van der Waals surface area contributed by atoms with Crippen LogP contribution in [0.4, 0.5) is 0 Å². The summed E-state index contributed by atoms with van der Waals surface area (Å²) >= 11 is 3.76. The number of aryl methyl sites for hydroxylation is 1. The summed E-state index contributed by atoms with van der Waals surface area (Å²) in [6.07, 6.45) is 7.98. The Labute approximate surface area is 119 Å². The van der Waals surface area contributed by atoms with Gasteiger partial charge < -0.3 is 4.74 Å². The maximum atomic E-state index is 6.25. The minimum absolute atomic E-state index is 0.397. The second-order valence-corrected chi connectivity index (χ2v) is 6.35. The van der Waals surface area contributed by atoms with Crippen LogP contribution < -0.4 is 0 Å². The van der Waals surface area contributed by atoms with E-state index in [4.69, 9.17) is 4.74 Å². The Morgan fingerprint density at radius 3 is 2.72 bits per heavy atom. The minimum atomic E-state index is 0.397. The normalized spacial score (nSPS) is 28.9. The van der Waals surface area contributed by atoms with Crippen LogP contribution >= 0.6 is 15.9 Å². The van der Waals surface area contributed by atoms with Crippen LogP contribution in [0.2, 0.25) is 0 Å². The highest BCUT2D eigenvalue weighted by atomic mass is 79.9. The molecule has 1 aliphatic heterocycles. The van der Waals surface area contributed by atoms with E-state index < -0.39 is 0 Å². The van der Waals surface area contributed by atoms with Gasteiger partial charge in [-0.15, -0.1) is 0 Å². The van der Waals surface area contributed by atoms with Gasteiger partial charge in [-0.3, -0.25) is 0 Å². The van der Waals surface area contributed by atoms with E-state index in [0.29, 0.717) is 17.0 Å². The van der Waals surface area contributed by atoms with E-state index >= 15 is 0 Å². The van der Waals surface area contributed by atoms with Gasteiger partial charge in [0, 0.05) is 4.83 Å². The lowest BCUT2D eigenvalue weighted by molar-refractivity contribution is -0.0101. The van der Waals surface area contributed by atoms with E-state index in [9.17, 15) is 0 Å². The molecular formula is C16H23BrO. The van der Waals surface area contributed by atoms with Crippen LogP contribution in [0.15, 0.2) is 30.3 Å². The number of hydrogen-bond acceptors (Lipinski definition) is 1. The fraction of sp³-hybridized carbons (Fsp3) is 0.625. The van der Waals surface area contributed by atoms with Crippen molar-refractivity contribution < 1.29 is 4.74 Å². The molecule has 1 nitrogen and oxygen atoms in total. The van der Waals surface area contributed by atoms with Gasteiger partial charge >= 0.3 is 0 Å². The van der Waals surface area contributed by atoms with Crippen molar-refractivity contribution in [3.63, 3.8) is 0 Å². The molecule has 1 aromatic rings. The van der Waals surface area contributed by atoms with Crippen LogP contribution in [0, 0.1) is 0 Å². The molecule has 0 spiro atoms. The molecule has 1 aliphatic rings. The quantitative estimate of drug-likeness (QED) is 0.730. The Bertz CT molecular complexity index is 338. The maximum absolute atomic E-state index is 6.25. The third kappa shape index (κ3) is 4.10. The van der Waals surface area contributed by atoms with Crippen LogP contribution in [0.3, 0.4) is 0 Å². The summed E-state index contributed by atoms with van der Waals surface area (Å²) in [5.74, 6) is 0. The molecular weight excluding hydrogens is 288 g/mol. The highest BCUT2D eigenvalue weighted by molar-refractivity contribution is 9.09. The molecule has 1 aromatic carbocycles. The summed E-state index contributed by atoms with van der Waals surface area (Å²) in [5.41, 5.74) is 1.42. The Morgan fingerprint density at radius 1 is 1.22 bits per heavy atom. The molecule has 0 bridgehead atoms. The van der Waals surface area contributed by atoms with Crippen molar-refractivity contribution in [2.24, 2.45) is 0 Å². The van der Waals surface area contributed by atoms with Crippen molar-refractivity contribution in [3.8, 4) is 0 Å². The van der Waals surface area contributed by atoms with E-state index in [-0.39, 0.29) is 0 Å². The van der Waals surface area contributed by atoms with Crippen molar-refractivity contribution in [1.29, 1.82) is 0 Å². The highest BCUT2D eigenvalue weighted by Gasteiger charge is 2.25. The molecule has 0 saturated carbocycles. The van der Waals surface area contributed by atoms with Gasteiger partial charge in [-0.2, -0.15) is 0 Å². The lowest BCUT2D eigenvalue weighted by Gasteiger charge is -2.23. The standard InChI is InChI=1S/C16H23BrO/c1-2-16-15(17)10-6-9-14(18-16)12-11-13-7-4-3-5-8-13/h3-5,7-8,14-16H,2,6,9-12H2,1H3/t14-,15-,16-/m1/s1. The first-order valence-electron chi connectivity index (χ1n) is 7.13. The molecule has 2 heteroatoms. The Kier molecular flexibility index (Phi) is 5.71. The van der Waals surface area contributed by atoms with E-state index in [1.807, 2.05) is 0 Å². The van der Waals surface area contributed by atoms with Gasteiger partial charge in [-0.25, -0.2) is 0 Å². The smallest absolute Gasteiger partial charge is 0.0701 e. The SMILES string of the molecule is CC[C@H]1O[C@@H](CCc2ccccc2)CCC[C@H]1Br. The zero-order valence-electron chi connectivity index (χ0n) is 11.1. The van der Waals surface area contributed by atoms with Crippen LogP contribution in [-0.4, -0.2) is 17.0 Å². The van der Waals surface area contributed by atoms with E-state index in [1.165, 1.54) is 24.8 Å². The van der Waals surface area contributed by atoms with Crippen LogP contribution in [0.1, 0.15) is 44.6 Å². The Balaban J connectivity index is 1.85. The van der Waals surface area contributed by atoms with Gasteiger partial charge in [0.1, 0.15) is 0 Å². The first-order chi connectivity index (χ1) is 8.79. The molecule has 0 amide bonds. The molecule has 2 rings (SSSR count). The Hall–Kier alpha value is -0.340. The van der Waals surface area contributed by atoms with Gasteiger partial charge in [-0.05, 0) is 44.1 Å². The number of halogens is 1. The molecule has 0 aliphatic carbocycles. The molecule has 0 aromatic heterocycles. The van der Waals surface area contributed by atoms with Gasteiger partial charge in [-0.1, -0.05) is 53.2 Å². The zero-order valence-corrected chi connectivity index (χ0v) is 12.7. The number of ether oxygens (including phenoxy) is 1. The largest absolute Gasteiger partial charge is 0.374 e.